The smallest absolute Gasteiger partial charge is 0.481 e. The van der Waals surface area contributed by atoms with E-state index in [-0.39, 0.29) is 11.1 Å². The number of para-hydroxylation sites is 1. The summed E-state index contributed by atoms with van der Waals surface area (Å²) in [4.78, 5) is 10.5. The van der Waals surface area contributed by atoms with Crippen molar-refractivity contribution in [3.8, 4) is 5.75 Å². The number of rotatable bonds is 3. The van der Waals surface area contributed by atoms with E-state index in [9.17, 15) is 18.0 Å². The molecule has 3 nitrogen and oxygen atoms in total. The number of ether oxygens (including phenoxy) is 1. The SMILES string of the molecule is Cc1cccc(CC(=O)O)c1OC(F)(F)F. The van der Waals surface area contributed by atoms with Crippen molar-refractivity contribution in [2.24, 2.45) is 0 Å². The van der Waals surface area contributed by atoms with Gasteiger partial charge in [-0.2, -0.15) is 0 Å². The Balaban J connectivity index is 3.08. The Hall–Kier alpha value is -1.72. The number of benzene rings is 1. The molecule has 88 valence electrons. The van der Waals surface area contributed by atoms with Crippen LogP contribution in [0.2, 0.25) is 0 Å². The van der Waals surface area contributed by atoms with Gasteiger partial charge < -0.3 is 9.84 Å². The van der Waals surface area contributed by atoms with Crippen molar-refractivity contribution in [3.05, 3.63) is 29.3 Å². The maximum atomic E-state index is 12.1. The van der Waals surface area contributed by atoms with E-state index < -0.39 is 24.5 Å². The number of aliphatic carboxylic acids is 1. The Labute approximate surface area is 89.5 Å². The molecule has 0 heterocycles. The summed E-state index contributed by atoms with van der Waals surface area (Å²) in [7, 11) is 0. The normalized spacial score (nSPS) is 11.2. The molecule has 6 heteroatoms. The van der Waals surface area contributed by atoms with E-state index in [2.05, 4.69) is 4.74 Å². The molecular formula is C10H9F3O3. The highest BCUT2D eigenvalue weighted by atomic mass is 19.4. The van der Waals surface area contributed by atoms with E-state index in [4.69, 9.17) is 5.11 Å². The van der Waals surface area contributed by atoms with Gasteiger partial charge in [0.05, 0.1) is 6.42 Å². The van der Waals surface area contributed by atoms with Crippen molar-refractivity contribution in [2.45, 2.75) is 19.7 Å². The number of hydrogen-bond donors (Lipinski definition) is 1. The van der Waals surface area contributed by atoms with E-state index in [1.54, 1.807) is 0 Å². The Kier molecular flexibility index (Phi) is 3.41. The van der Waals surface area contributed by atoms with Crippen molar-refractivity contribution >= 4 is 5.97 Å². The number of carboxylic acid groups (broad SMARTS) is 1. The number of carbonyl (C=O) groups is 1. The average molecular weight is 234 g/mol. The summed E-state index contributed by atoms with van der Waals surface area (Å²) in [6, 6.07) is 4.20. The van der Waals surface area contributed by atoms with Crippen LogP contribution in [0.1, 0.15) is 11.1 Å². The summed E-state index contributed by atoms with van der Waals surface area (Å²) in [6.07, 6.45) is -5.33. The van der Waals surface area contributed by atoms with Crippen LogP contribution < -0.4 is 4.74 Å². The predicted molar refractivity (Wildman–Crippen MR) is 49.2 cm³/mol. The summed E-state index contributed by atoms with van der Waals surface area (Å²) in [5.74, 6) is -1.64. The van der Waals surface area contributed by atoms with Gasteiger partial charge in [-0.05, 0) is 12.5 Å². The Bertz CT molecular complexity index is 399. The first kappa shape index (κ1) is 12.4. The van der Waals surface area contributed by atoms with Crippen LogP contribution in [-0.4, -0.2) is 17.4 Å². The third-order valence-electron chi connectivity index (χ3n) is 1.85. The Morgan fingerprint density at radius 1 is 1.44 bits per heavy atom. The van der Waals surface area contributed by atoms with Gasteiger partial charge in [0.1, 0.15) is 5.75 Å². The number of carboxylic acids is 1. The Morgan fingerprint density at radius 3 is 2.56 bits per heavy atom. The molecule has 0 amide bonds. The minimum atomic E-state index is -4.82. The van der Waals surface area contributed by atoms with Crippen LogP contribution in [0.5, 0.6) is 5.75 Å². The second-order valence-electron chi connectivity index (χ2n) is 3.18. The molecule has 0 aromatic heterocycles. The summed E-state index contributed by atoms with van der Waals surface area (Å²) < 4.78 is 40.0. The quantitative estimate of drug-likeness (QED) is 0.874. The number of halogens is 3. The van der Waals surface area contributed by atoms with Crippen LogP contribution in [0.3, 0.4) is 0 Å². The summed E-state index contributed by atoms with van der Waals surface area (Å²) >= 11 is 0. The predicted octanol–water partition coefficient (Wildman–Crippen LogP) is 2.52. The maximum absolute atomic E-state index is 12.1. The molecule has 0 radical (unpaired) electrons. The first-order chi connectivity index (χ1) is 7.29. The topological polar surface area (TPSA) is 46.5 Å². The van der Waals surface area contributed by atoms with E-state index >= 15 is 0 Å². The number of aryl methyl sites for hydroxylation is 1. The fourth-order valence-electron chi connectivity index (χ4n) is 1.28. The fourth-order valence-corrected chi connectivity index (χ4v) is 1.28. The zero-order chi connectivity index (χ0) is 12.3. The molecule has 0 bridgehead atoms. The third kappa shape index (κ3) is 3.45. The molecule has 0 aliphatic heterocycles. The van der Waals surface area contributed by atoms with Crippen molar-refractivity contribution in [1.82, 2.24) is 0 Å². The molecule has 1 aromatic rings. The van der Waals surface area contributed by atoms with Gasteiger partial charge in [-0.3, -0.25) is 4.79 Å². The lowest BCUT2D eigenvalue weighted by Gasteiger charge is -2.14. The second-order valence-corrected chi connectivity index (χ2v) is 3.18. The second kappa shape index (κ2) is 4.42. The van der Waals surface area contributed by atoms with Gasteiger partial charge in [0, 0.05) is 5.56 Å². The molecule has 1 N–H and O–H groups in total. The van der Waals surface area contributed by atoms with Gasteiger partial charge in [0.15, 0.2) is 0 Å². The minimum absolute atomic E-state index is 0.00447. The highest BCUT2D eigenvalue weighted by Crippen LogP contribution is 2.30. The molecule has 1 rings (SSSR count). The largest absolute Gasteiger partial charge is 0.573 e. The number of hydrogen-bond acceptors (Lipinski definition) is 2. The Morgan fingerprint density at radius 2 is 2.06 bits per heavy atom. The first-order valence-electron chi connectivity index (χ1n) is 4.35. The van der Waals surface area contributed by atoms with Crippen LogP contribution in [0.4, 0.5) is 13.2 Å². The summed E-state index contributed by atoms with van der Waals surface area (Å²) in [5, 5.41) is 8.54. The van der Waals surface area contributed by atoms with Gasteiger partial charge in [-0.15, -0.1) is 13.2 Å². The summed E-state index contributed by atoms with van der Waals surface area (Å²) in [6.45, 7) is 1.42. The molecule has 0 saturated carbocycles. The van der Waals surface area contributed by atoms with Crippen molar-refractivity contribution in [2.75, 3.05) is 0 Å². The lowest BCUT2D eigenvalue weighted by molar-refractivity contribution is -0.275. The van der Waals surface area contributed by atoms with E-state index in [0.717, 1.165) is 0 Å². The van der Waals surface area contributed by atoms with Gasteiger partial charge in [-0.1, -0.05) is 18.2 Å². The maximum Gasteiger partial charge on any atom is 0.573 e. The van der Waals surface area contributed by atoms with Crippen LogP contribution in [-0.2, 0) is 11.2 Å². The molecule has 0 aliphatic carbocycles. The molecule has 16 heavy (non-hydrogen) atoms. The van der Waals surface area contributed by atoms with E-state index in [1.807, 2.05) is 0 Å². The molecule has 0 spiro atoms. The average Bonchev–Trinajstić information content (AvgIpc) is 2.08. The molecule has 1 aromatic carbocycles. The zero-order valence-electron chi connectivity index (χ0n) is 8.34. The number of alkyl halides is 3. The molecule has 0 unspecified atom stereocenters. The third-order valence-corrected chi connectivity index (χ3v) is 1.85. The molecule has 0 saturated heterocycles. The van der Waals surface area contributed by atoms with E-state index in [0.29, 0.717) is 0 Å². The lowest BCUT2D eigenvalue weighted by atomic mass is 10.1. The van der Waals surface area contributed by atoms with Gasteiger partial charge >= 0.3 is 12.3 Å². The molecule has 0 fully saturated rings. The van der Waals surface area contributed by atoms with Gasteiger partial charge in [-0.25, -0.2) is 0 Å². The van der Waals surface area contributed by atoms with Gasteiger partial charge in [0.25, 0.3) is 0 Å². The first-order valence-corrected chi connectivity index (χ1v) is 4.35. The fraction of sp³-hybridized carbons (Fsp3) is 0.300. The van der Waals surface area contributed by atoms with Crippen molar-refractivity contribution in [1.29, 1.82) is 0 Å². The molecule has 0 aliphatic rings. The lowest BCUT2D eigenvalue weighted by Crippen LogP contribution is -2.19. The highest BCUT2D eigenvalue weighted by molar-refractivity contribution is 5.71. The summed E-state index contributed by atoms with van der Waals surface area (Å²) in [5.41, 5.74) is 0.251. The standard InChI is InChI=1S/C10H9F3O3/c1-6-3-2-4-7(5-8(14)15)9(6)16-10(11,12)13/h2-4H,5H2,1H3,(H,14,15). The zero-order valence-corrected chi connectivity index (χ0v) is 8.34. The minimum Gasteiger partial charge on any atom is -0.481 e. The monoisotopic (exact) mass is 234 g/mol. The van der Waals surface area contributed by atoms with Crippen LogP contribution in [0.15, 0.2) is 18.2 Å². The van der Waals surface area contributed by atoms with Crippen LogP contribution >= 0.6 is 0 Å². The van der Waals surface area contributed by atoms with Crippen LogP contribution in [0.25, 0.3) is 0 Å². The van der Waals surface area contributed by atoms with Crippen LogP contribution in [0, 0.1) is 6.92 Å². The van der Waals surface area contributed by atoms with Crippen molar-refractivity contribution < 1.29 is 27.8 Å². The highest BCUT2D eigenvalue weighted by Gasteiger charge is 2.32. The van der Waals surface area contributed by atoms with Crippen molar-refractivity contribution in [3.63, 3.8) is 0 Å². The molecule has 0 atom stereocenters. The van der Waals surface area contributed by atoms with E-state index in [1.165, 1.54) is 25.1 Å². The van der Waals surface area contributed by atoms with Gasteiger partial charge in [0.2, 0.25) is 0 Å². The molecular weight excluding hydrogens is 225 g/mol.